The van der Waals surface area contributed by atoms with Crippen LogP contribution in [0.4, 0.5) is 0 Å². The normalized spacial score (nSPS) is 19.8. The maximum absolute atomic E-state index is 12.8. The molecule has 0 radical (unpaired) electrons. The summed E-state index contributed by atoms with van der Waals surface area (Å²) >= 11 is 0. The van der Waals surface area contributed by atoms with Gasteiger partial charge in [0.15, 0.2) is 0 Å². The van der Waals surface area contributed by atoms with Gasteiger partial charge in [0, 0.05) is 19.1 Å². The van der Waals surface area contributed by atoms with Crippen LogP contribution in [0.15, 0.2) is 30.3 Å². The summed E-state index contributed by atoms with van der Waals surface area (Å²) in [5.41, 5.74) is 1.14. The van der Waals surface area contributed by atoms with Gasteiger partial charge in [0.25, 0.3) is 0 Å². The van der Waals surface area contributed by atoms with Gasteiger partial charge >= 0.3 is 0 Å². The van der Waals surface area contributed by atoms with Gasteiger partial charge in [0.1, 0.15) is 0 Å². The highest BCUT2D eigenvalue weighted by atomic mass is 16.2. The van der Waals surface area contributed by atoms with Crippen LogP contribution in [0.2, 0.25) is 0 Å². The molecule has 2 rings (SSSR count). The van der Waals surface area contributed by atoms with Gasteiger partial charge < -0.3 is 10.2 Å². The number of nitrogens with zero attached hydrogens (tertiary/aromatic N) is 1. The van der Waals surface area contributed by atoms with Crippen molar-refractivity contribution in [3.05, 3.63) is 35.9 Å². The predicted octanol–water partition coefficient (Wildman–Crippen LogP) is 2.78. The minimum Gasteiger partial charge on any atom is -0.341 e. The van der Waals surface area contributed by atoms with Crippen molar-refractivity contribution in [2.75, 3.05) is 19.6 Å². The maximum Gasteiger partial charge on any atom is 0.230 e. The number of benzene rings is 1. The molecule has 1 aromatic rings. The van der Waals surface area contributed by atoms with Gasteiger partial charge in [-0.3, -0.25) is 4.79 Å². The molecule has 1 heterocycles. The van der Waals surface area contributed by atoms with Crippen LogP contribution >= 0.6 is 0 Å². The van der Waals surface area contributed by atoms with E-state index in [-0.39, 0.29) is 11.8 Å². The molecular weight excluding hydrogens is 248 g/mol. The van der Waals surface area contributed by atoms with E-state index in [0.29, 0.717) is 6.04 Å². The van der Waals surface area contributed by atoms with Crippen molar-refractivity contribution >= 4 is 5.91 Å². The minimum absolute atomic E-state index is 0.00227. The second-order valence-electron chi connectivity index (χ2n) is 5.54. The van der Waals surface area contributed by atoms with E-state index in [2.05, 4.69) is 31.3 Å². The summed E-state index contributed by atoms with van der Waals surface area (Å²) in [7, 11) is 0. The molecule has 1 aromatic carbocycles. The molecule has 2 atom stereocenters. The number of hydrogen-bond acceptors (Lipinski definition) is 2. The lowest BCUT2D eigenvalue weighted by Crippen LogP contribution is -2.43. The minimum atomic E-state index is -0.00227. The molecule has 0 saturated carbocycles. The zero-order valence-electron chi connectivity index (χ0n) is 12.6. The summed E-state index contributed by atoms with van der Waals surface area (Å²) < 4.78 is 0. The molecule has 2 unspecified atom stereocenters. The van der Waals surface area contributed by atoms with E-state index in [9.17, 15) is 4.79 Å². The molecule has 1 saturated heterocycles. The van der Waals surface area contributed by atoms with E-state index in [1.807, 2.05) is 23.1 Å². The zero-order chi connectivity index (χ0) is 14.4. The second-order valence-corrected chi connectivity index (χ2v) is 5.54. The molecule has 0 bridgehead atoms. The molecule has 110 valence electrons. The Bertz CT molecular complexity index is 412. The van der Waals surface area contributed by atoms with Crippen molar-refractivity contribution in [1.29, 1.82) is 0 Å². The van der Waals surface area contributed by atoms with Crippen LogP contribution in [0.5, 0.6) is 0 Å². The highest BCUT2D eigenvalue weighted by Crippen LogP contribution is 2.22. The van der Waals surface area contributed by atoms with Gasteiger partial charge in [-0.05, 0) is 38.3 Å². The highest BCUT2D eigenvalue weighted by Gasteiger charge is 2.26. The van der Waals surface area contributed by atoms with E-state index in [1.165, 1.54) is 12.8 Å². The topological polar surface area (TPSA) is 32.3 Å². The lowest BCUT2D eigenvalue weighted by Gasteiger charge is -2.28. The second kappa shape index (κ2) is 7.44. The van der Waals surface area contributed by atoms with Gasteiger partial charge in [-0.1, -0.05) is 37.3 Å². The molecule has 3 nitrogen and oxygen atoms in total. The van der Waals surface area contributed by atoms with Crippen LogP contribution in [-0.4, -0.2) is 36.5 Å². The highest BCUT2D eigenvalue weighted by molar-refractivity contribution is 5.83. The molecule has 3 heteroatoms. The fraction of sp³-hybridized carbons (Fsp3) is 0.588. The lowest BCUT2D eigenvalue weighted by atomic mass is 9.95. The summed E-state index contributed by atoms with van der Waals surface area (Å²) in [4.78, 5) is 14.8. The Morgan fingerprint density at radius 3 is 2.65 bits per heavy atom. The summed E-state index contributed by atoms with van der Waals surface area (Å²) in [5, 5.41) is 3.48. The van der Waals surface area contributed by atoms with E-state index < -0.39 is 0 Å². The first-order chi connectivity index (χ1) is 9.76. The molecule has 1 aliphatic rings. The van der Waals surface area contributed by atoms with E-state index in [0.717, 1.165) is 31.6 Å². The van der Waals surface area contributed by atoms with E-state index in [4.69, 9.17) is 0 Å². The molecule has 0 spiro atoms. The van der Waals surface area contributed by atoms with Crippen molar-refractivity contribution in [2.24, 2.45) is 0 Å². The molecular formula is C17H26N2O. The van der Waals surface area contributed by atoms with Crippen molar-refractivity contribution in [3.63, 3.8) is 0 Å². The molecule has 1 amide bonds. The summed E-state index contributed by atoms with van der Waals surface area (Å²) in [6, 6.07) is 10.6. The third kappa shape index (κ3) is 3.60. The number of amides is 1. The van der Waals surface area contributed by atoms with Gasteiger partial charge in [0.05, 0.1) is 5.92 Å². The molecule has 20 heavy (non-hydrogen) atoms. The quantitative estimate of drug-likeness (QED) is 0.865. The summed E-state index contributed by atoms with van der Waals surface area (Å²) in [6.45, 7) is 6.90. The van der Waals surface area contributed by atoms with Crippen molar-refractivity contribution in [1.82, 2.24) is 10.2 Å². The number of nitrogens with one attached hydrogen (secondary N) is 1. The standard InChI is InChI=1S/C17H26N2O/c1-3-16(14-9-6-5-7-10-14)17(20)19(4-2)13-15-11-8-12-18-15/h5-7,9-10,15-16,18H,3-4,8,11-13H2,1-2H3. The number of hydrogen-bond donors (Lipinski definition) is 1. The zero-order valence-corrected chi connectivity index (χ0v) is 12.6. The number of carbonyl (C=O) groups excluding carboxylic acids is 1. The van der Waals surface area contributed by atoms with Crippen LogP contribution < -0.4 is 5.32 Å². The monoisotopic (exact) mass is 274 g/mol. The Hall–Kier alpha value is -1.35. The van der Waals surface area contributed by atoms with Gasteiger partial charge in [0.2, 0.25) is 5.91 Å². The maximum atomic E-state index is 12.8. The van der Waals surface area contributed by atoms with Crippen LogP contribution in [-0.2, 0) is 4.79 Å². The first kappa shape index (κ1) is 15.0. The SMILES string of the molecule is CCC(C(=O)N(CC)CC1CCCN1)c1ccccc1. The van der Waals surface area contributed by atoms with Crippen LogP contribution in [0.3, 0.4) is 0 Å². The van der Waals surface area contributed by atoms with Crippen molar-refractivity contribution < 1.29 is 4.79 Å². The molecule has 1 aliphatic heterocycles. The fourth-order valence-corrected chi connectivity index (χ4v) is 3.01. The Morgan fingerprint density at radius 2 is 2.10 bits per heavy atom. The Balaban J connectivity index is 2.05. The third-order valence-electron chi connectivity index (χ3n) is 4.20. The molecule has 1 N–H and O–H groups in total. The Morgan fingerprint density at radius 1 is 1.35 bits per heavy atom. The van der Waals surface area contributed by atoms with Gasteiger partial charge in [-0.2, -0.15) is 0 Å². The van der Waals surface area contributed by atoms with Crippen LogP contribution in [0, 0.1) is 0 Å². The summed E-state index contributed by atoms with van der Waals surface area (Å²) in [6.07, 6.45) is 3.27. The van der Waals surface area contributed by atoms with E-state index in [1.54, 1.807) is 0 Å². The molecule has 1 fully saturated rings. The summed E-state index contributed by atoms with van der Waals surface area (Å²) in [5.74, 6) is 0.271. The van der Waals surface area contributed by atoms with Crippen LogP contribution in [0.25, 0.3) is 0 Å². The fourth-order valence-electron chi connectivity index (χ4n) is 3.01. The first-order valence-electron chi connectivity index (χ1n) is 7.83. The van der Waals surface area contributed by atoms with Gasteiger partial charge in [-0.25, -0.2) is 0 Å². The lowest BCUT2D eigenvalue weighted by molar-refractivity contribution is -0.133. The number of rotatable bonds is 6. The van der Waals surface area contributed by atoms with Crippen molar-refractivity contribution in [2.45, 2.75) is 45.1 Å². The average molecular weight is 274 g/mol. The van der Waals surface area contributed by atoms with Crippen molar-refractivity contribution in [3.8, 4) is 0 Å². The number of carbonyl (C=O) groups is 1. The molecule has 0 aromatic heterocycles. The third-order valence-corrected chi connectivity index (χ3v) is 4.20. The molecule has 0 aliphatic carbocycles. The number of likely N-dealkylation sites (N-methyl/N-ethyl adjacent to an activating group) is 1. The predicted molar refractivity (Wildman–Crippen MR) is 82.8 cm³/mol. The Labute approximate surface area is 122 Å². The largest absolute Gasteiger partial charge is 0.341 e. The smallest absolute Gasteiger partial charge is 0.230 e. The Kier molecular flexibility index (Phi) is 5.60. The van der Waals surface area contributed by atoms with E-state index >= 15 is 0 Å². The van der Waals surface area contributed by atoms with Crippen LogP contribution in [0.1, 0.15) is 44.6 Å². The first-order valence-corrected chi connectivity index (χ1v) is 7.83. The van der Waals surface area contributed by atoms with Gasteiger partial charge in [-0.15, -0.1) is 0 Å². The average Bonchev–Trinajstić information content (AvgIpc) is 2.99.